The molecule has 1 aromatic heterocycles. The van der Waals surface area contributed by atoms with Crippen molar-refractivity contribution < 1.29 is 14.6 Å². The number of nitrogens with zero attached hydrogens (tertiary/aromatic N) is 2. The van der Waals surface area contributed by atoms with Gasteiger partial charge in [0.05, 0.1) is 18.9 Å². The molecule has 0 bridgehead atoms. The smallest absolute Gasteiger partial charge is 0.354 e. The summed E-state index contributed by atoms with van der Waals surface area (Å²) in [5, 5.41) is 16.5. The number of aryl methyl sites for hydroxylation is 1. The molecule has 1 aromatic rings. The molecule has 1 fully saturated rings. The Kier molecular flexibility index (Phi) is 3.75. The number of carbonyl (C=O) groups is 1. The lowest BCUT2D eigenvalue weighted by atomic mass is 10.1. The zero-order valence-corrected chi connectivity index (χ0v) is 9.85. The fourth-order valence-corrected chi connectivity index (χ4v) is 1.98. The summed E-state index contributed by atoms with van der Waals surface area (Å²) in [4.78, 5) is 11.0. The third kappa shape index (κ3) is 3.04. The van der Waals surface area contributed by atoms with Crippen LogP contribution in [0.5, 0.6) is 0 Å². The maximum atomic E-state index is 11.0. The minimum absolute atomic E-state index is 0.242. The summed E-state index contributed by atoms with van der Waals surface area (Å²) < 4.78 is 6.99. The lowest BCUT2D eigenvalue weighted by Gasteiger charge is -2.14. The third-order valence-corrected chi connectivity index (χ3v) is 2.76. The van der Waals surface area contributed by atoms with Gasteiger partial charge in [-0.25, -0.2) is 4.79 Å². The largest absolute Gasteiger partial charge is 0.477 e. The zero-order valence-electron chi connectivity index (χ0n) is 9.85. The SMILES string of the molecule is Cc1cc(C(=O)O)n(CC2CNCCOC2)n1. The minimum Gasteiger partial charge on any atom is -0.477 e. The molecule has 94 valence electrons. The molecule has 0 amide bonds. The molecule has 1 aliphatic heterocycles. The predicted molar refractivity (Wildman–Crippen MR) is 61.1 cm³/mol. The fraction of sp³-hybridized carbons (Fsp3) is 0.636. The van der Waals surface area contributed by atoms with Crippen LogP contribution in [0.15, 0.2) is 6.07 Å². The van der Waals surface area contributed by atoms with Crippen LogP contribution in [0.1, 0.15) is 16.2 Å². The summed E-state index contributed by atoms with van der Waals surface area (Å²) in [6, 6.07) is 1.59. The number of hydrogen-bond donors (Lipinski definition) is 2. The Labute approximate surface area is 99.6 Å². The summed E-state index contributed by atoms with van der Waals surface area (Å²) >= 11 is 0. The number of ether oxygens (including phenoxy) is 1. The van der Waals surface area contributed by atoms with Crippen molar-refractivity contribution >= 4 is 5.97 Å². The molecule has 0 radical (unpaired) electrons. The monoisotopic (exact) mass is 239 g/mol. The van der Waals surface area contributed by atoms with E-state index in [1.165, 1.54) is 0 Å². The Morgan fingerprint density at radius 2 is 2.59 bits per heavy atom. The molecule has 0 aromatic carbocycles. The van der Waals surface area contributed by atoms with E-state index in [4.69, 9.17) is 9.84 Å². The van der Waals surface area contributed by atoms with Gasteiger partial charge in [-0.05, 0) is 13.0 Å². The van der Waals surface area contributed by atoms with Crippen molar-refractivity contribution in [1.82, 2.24) is 15.1 Å². The average molecular weight is 239 g/mol. The standard InChI is InChI=1S/C11H17N3O3/c1-8-4-10(11(15)16)14(13-8)6-9-5-12-2-3-17-7-9/h4,9,12H,2-3,5-7H2,1H3,(H,15,16). The highest BCUT2D eigenvalue weighted by atomic mass is 16.5. The Morgan fingerprint density at radius 1 is 1.76 bits per heavy atom. The van der Waals surface area contributed by atoms with Gasteiger partial charge in [-0.3, -0.25) is 4.68 Å². The number of carboxylic acids is 1. The molecule has 0 saturated carbocycles. The summed E-state index contributed by atoms with van der Waals surface area (Å²) in [6.45, 7) is 5.40. The summed E-state index contributed by atoms with van der Waals surface area (Å²) in [6.07, 6.45) is 0. The van der Waals surface area contributed by atoms with Crippen LogP contribution in [0.25, 0.3) is 0 Å². The maximum Gasteiger partial charge on any atom is 0.354 e. The van der Waals surface area contributed by atoms with Crippen molar-refractivity contribution in [3.63, 3.8) is 0 Å². The Balaban J connectivity index is 2.08. The summed E-state index contributed by atoms with van der Waals surface area (Å²) in [7, 11) is 0. The molecule has 1 aliphatic rings. The van der Waals surface area contributed by atoms with Gasteiger partial charge in [0.2, 0.25) is 0 Å². The van der Waals surface area contributed by atoms with Crippen molar-refractivity contribution in [2.24, 2.45) is 5.92 Å². The first-order chi connectivity index (χ1) is 8.16. The van der Waals surface area contributed by atoms with Crippen LogP contribution in [-0.4, -0.2) is 47.2 Å². The molecule has 2 N–H and O–H groups in total. The van der Waals surface area contributed by atoms with Crippen LogP contribution >= 0.6 is 0 Å². The van der Waals surface area contributed by atoms with Crippen LogP contribution in [0, 0.1) is 12.8 Å². The minimum atomic E-state index is -0.937. The molecule has 1 atom stereocenters. The zero-order chi connectivity index (χ0) is 12.3. The highest BCUT2D eigenvalue weighted by molar-refractivity contribution is 5.85. The van der Waals surface area contributed by atoms with Gasteiger partial charge in [-0.15, -0.1) is 0 Å². The second-order valence-electron chi connectivity index (χ2n) is 4.30. The molecule has 2 rings (SSSR count). The molecule has 6 nitrogen and oxygen atoms in total. The molecular formula is C11H17N3O3. The number of carboxylic acid groups (broad SMARTS) is 1. The van der Waals surface area contributed by atoms with Crippen LogP contribution in [-0.2, 0) is 11.3 Å². The molecule has 0 spiro atoms. The van der Waals surface area contributed by atoms with E-state index in [2.05, 4.69) is 10.4 Å². The highest BCUT2D eigenvalue weighted by Crippen LogP contribution is 2.09. The number of hydrogen-bond acceptors (Lipinski definition) is 4. The molecule has 2 heterocycles. The second-order valence-corrected chi connectivity index (χ2v) is 4.30. The van der Waals surface area contributed by atoms with E-state index in [1.807, 2.05) is 0 Å². The van der Waals surface area contributed by atoms with E-state index in [1.54, 1.807) is 17.7 Å². The highest BCUT2D eigenvalue weighted by Gasteiger charge is 2.18. The maximum absolute atomic E-state index is 11.0. The lowest BCUT2D eigenvalue weighted by molar-refractivity contribution is 0.0677. The Hall–Kier alpha value is -1.40. The van der Waals surface area contributed by atoms with Crippen molar-refractivity contribution in [3.05, 3.63) is 17.5 Å². The van der Waals surface area contributed by atoms with E-state index in [9.17, 15) is 4.79 Å². The van der Waals surface area contributed by atoms with E-state index in [-0.39, 0.29) is 11.6 Å². The number of rotatable bonds is 3. The summed E-state index contributed by atoms with van der Waals surface area (Å²) in [5.74, 6) is -0.678. The number of aromatic carboxylic acids is 1. The van der Waals surface area contributed by atoms with E-state index in [0.717, 1.165) is 18.8 Å². The van der Waals surface area contributed by atoms with E-state index >= 15 is 0 Å². The van der Waals surface area contributed by atoms with Crippen LogP contribution < -0.4 is 5.32 Å². The third-order valence-electron chi connectivity index (χ3n) is 2.76. The average Bonchev–Trinajstić information content (AvgIpc) is 2.50. The molecule has 0 aliphatic carbocycles. The number of nitrogens with one attached hydrogen (secondary N) is 1. The molecule has 1 saturated heterocycles. The van der Waals surface area contributed by atoms with E-state index in [0.29, 0.717) is 19.8 Å². The van der Waals surface area contributed by atoms with Gasteiger partial charge < -0.3 is 15.2 Å². The lowest BCUT2D eigenvalue weighted by Crippen LogP contribution is -2.27. The molecule has 1 unspecified atom stereocenters. The second kappa shape index (κ2) is 5.29. The molecular weight excluding hydrogens is 222 g/mol. The first-order valence-electron chi connectivity index (χ1n) is 5.73. The fourth-order valence-electron chi connectivity index (χ4n) is 1.98. The normalized spacial score (nSPS) is 21.1. The van der Waals surface area contributed by atoms with Crippen LogP contribution in [0.3, 0.4) is 0 Å². The molecule has 6 heteroatoms. The predicted octanol–water partition coefficient (Wildman–Crippen LogP) is 0.126. The van der Waals surface area contributed by atoms with Gasteiger partial charge in [0.25, 0.3) is 0 Å². The van der Waals surface area contributed by atoms with Gasteiger partial charge in [0.1, 0.15) is 5.69 Å². The Bertz CT molecular complexity index is 395. The van der Waals surface area contributed by atoms with Crippen LogP contribution in [0.4, 0.5) is 0 Å². The van der Waals surface area contributed by atoms with Gasteiger partial charge in [-0.2, -0.15) is 5.10 Å². The van der Waals surface area contributed by atoms with Crippen molar-refractivity contribution in [3.8, 4) is 0 Å². The number of aromatic nitrogens is 2. The van der Waals surface area contributed by atoms with Crippen molar-refractivity contribution in [2.45, 2.75) is 13.5 Å². The Morgan fingerprint density at radius 3 is 3.35 bits per heavy atom. The van der Waals surface area contributed by atoms with Gasteiger partial charge >= 0.3 is 5.97 Å². The first kappa shape index (κ1) is 12.1. The topological polar surface area (TPSA) is 76.4 Å². The van der Waals surface area contributed by atoms with Gasteiger partial charge in [-0.1, -0.05) is 0 Å². The van der Waals surface area contributed by atoms with Gasteiger partial charge in [0.15, 0.2) is 0 Å². The summed E-state index contributed by atoms with van der Waals surface area (Å²) in [5.41, 5.74) is 0.969. The van der Waals surface area contributed by atoms with Gasteiger partial charge in [0, 0.05) is 25.6 Å². The quantitative estimate of drug-likeness (QED) is 0.784. The first-order valence-corrected chi connectivity index (χ1v) is 5.73. The van der Waals surface area contributed by atoms with Crippen molar-refractivity contribution in [1.29, 1.82) is 0 Å². The molecule has 17 heavy (non-hydrogen) atoms. The van der Waals surface area contributed by atoms with Crippen LogP contribution in [0.2, 0.25) is 0 Å². The van der Waals surface area contributed by atoms with E-state index < -0.39 is 5.97 Å². The van der Waals surface area contributed by atoms with Crippen molar-refractivity contribution in [2.75, 3.05) is 26.3 Å².